The van der Waals surface area contributed by atoms with Gasteiger partial charge in [-0.05, 0) is 37.5 Å². The van der Waals surface area contributed by atoms with Gasteiger partial charge in [-0.15, -0.1) is 11.8 Å². The molecule has 0 saturated heterocycles. The maximum Gasteiger partial charge on any atom is 0.0762 e. The fraction of sp³-hybridized carbons (Fsp3) is 0.571. The van der Waals surface area contributed by atoms with Crippen LogP contribution in [-0.2, 0) is 0 Å². The summed E-state index contributed by atoms with van der Waals surface area (Å²) < 4.78 is 0. The van der Waals surface area contributed by atoms with E-state index in [9.17, 15) is 5.11 Å². The minimum atomic E-state index is -0.355. The Morgan fingerprint density at radius 2 is 2.00 bits per heavy atom. The van der Waals surface area contributed by atoms with Gasteiger partial charge in [0.2, 0.25) is 0 Å². The van der Waals surface area contributed by atoms with Crippen LogP contribution in [0.5, 0.6) is 0 Å². The summed E-state index contributed by atoms with van der Waals surface area (Å²) in [5, 5.41) is 10.3. The quantitative estimate of drug-likeness (QED) is 0.850. The van der Waals surface area contributed by atoms with Crippen LogP contribution in [0, 0.1) is 0 Å². The third kappa shape index (κ3) is 3.26. The van der Waals surface area contributed by atoms with Crippen molar-refractivity contribution < 1.29 is 5.11 Å². The van der Waals surface area contributed by atoms with Crippen LogP contribution in [0.3, 0.4) is 0 Å². The summed E-state index contributed by atoms with van der Waals surface area (Å²) in [6.45, 7) is 1.82. The second-order valence-corrected chi connectivity index (χ2v) is 6.00. The molecule has 0 aliphatic heterocycles. The molecular weight excluding hydrogens is 216 g/mol. The van der Waals surface area contributed by atoms with E-state index in [1.54, 1.807) is 0 Å². The first-order valence-electron chi connectivity index (χ1n) is 6.20. The summed E-state index contributed by atoms with van der Waals surface area (Å²) in [6, 6.07) is 8.33. The van der Waals surface area contributed by atoms with Crippen LogP contribution in [0.4, 0.5) is 0 Å². The van der Waals surface area contributed by atoms with E-state index < -0.39 is 0 Å². The van der Waals surface area contributed by atoms with Gasteiger partial charge in [0.1, 0.15) is 0 Å². The van der Waals surface area contributed by atoms with E-state index in [1.165, 1.54) is 37.0 Å². The molecule has 0 amide bonds. The number of benzene rings is 1. The highest BCUT2D eigenvalue weighted by molar-refractivity contribution is 8.00. The average Bonchev–Trinajstić information content (AvgIpc) is 2.30. The molecule has 1 saturated carbocycles. The molecular formula is C14H20OS. The third-order valence-corrected chi connectivity index (χ3v) is 4.53. The van der Waals surface area contributed by atoms with Gasteiger partial charge in [-0.1, -0.05) is 31.4 Å². The van der Waals surface area contributed by atoms with Crippen molar-refractivity contribution in [3.05, 3.63) is 29.8 Å². The summed E-state index contributed by atoms with van der Waals surface area (Å²) in [5.74, 6) is 0. The van der Waals surface area contributed by atoms with Gasteiger partial charge in [0.15, 0.2) is 0 Å². The van der Waals surface area contributed by atoms with Gasteiger partial charge in [0.25, 0.3) is 0 Å². The summed E-state index contributed by atoms with van der Waals surface area (Å²) in [7, 11) is 0. The van der Waals surface area contributed by atoms with E-state index in [2.05, 4.69) is 12.1 Å². The van der Waals surface area contributed by atoms with Crippen LogP contribution in [0.15, 0.2) is 29.2 Å². The topological polar surface area (TPSA) is 20.2 Å². The van der Waals surface area contributed by atoms with Crippen LogP contribution >= 0.6 is 11.8 Å². The molecule has 0 spiro atoms. The lowest BCUT2D eigenvalue weighted by Crippen LogP contribution is -2.07. The van der Waals surface area contributed by atoms with E-state index >= 15 is 0 Å². The molecule has 1 fully saturated rings. The molecule has 1 aromatic rings. The molecule has 1 aromatic carbocycles. The van der Waals surface area contributed by atoms with Crippen molar-refractivity contribution in [2.24, 2.45) is 0 Å². The SMILES string of the molecule is CC(O)c1cccc(SC2CCCCC2)c1. The van der Waals surface area contributed by atoms with Gasteiger partial charge in [0, 0.05) is 10.1 Å². The molecule has 1 unspecified atom stereocenters. The maximum absolute atomic E-state index is 9.54. The van der Waals surface area contributed by atoms with E-state index in [-0.39, 0.29) is 6.10 Å². The Labute approximate surface area is 102 Å². The molecule has 16 heavy (non-hydrogen) atoms. The Bertz CT molecular complexity index is 329. The molecule has 1 aliphatic carbocycles. The minimum Gasteiger partial charge on any atom is -0.389 e. The van der Waals surface area contributed by atoms with Crippen LogP contribution in [0.2, 0.25) is 0 Å². The van der Waals surface area contributed by atoms with Gasteiger partial charge >= 0.3 is 0 Å². The molecule has 1 N–H and O–H groups in total. The van der Waals surface area contributed by atoms with Crippen LogP contribution < -0.4 is 0 Å². The molecule has 1 aliphatic rings. The summed E-state index contributed by atoms with van der Waals surface area (Å²) in [6.07, 6.45) is 6.52. The first kappa shape index (κ1) is 12.0. The fourth-order valence-electron chi connectivity index (χ4n) is 2.22. The largest absolute Gasteiger partial charge is 0.389 e. The second kappa shape index (κ2) is 5.74. The Hall–Kier alpha value is -0.470. The van der Waals surface area contributed by atoms with Gasteiger partial charge in [0.05, 0.1) is 6.10 Å². The highest BCUT2D eigenvalue weighted by atomic mass is 32.2. The van der Waals surface area contributed by atoms with Gasteiger partial charge < -0.3 is 5.11 Å². The molecule has 0 radical (unpaired) electrons. The molecule has 0 heterocycles. The monoisotopic (exact) mass is 236 g/mol. The van der Waals surface area contributed by atoms with Crippen molar-refractivity contribution in [2.45, 2.75) is 55.3 Å². The van der Waals surface area contributed by atoms with Crippen molar-refractivity contribution in [1.29, 1.82) is 0 Å². The minimum absolute atomic E-state index is 0.355. The molecule has 0 bridgehead atoms. The Morgan fingerprint density at radius 1 is 1.25 bits per heavy atom. The van der Waals surface area contributed by atoms with E-state index in [1.807, 2.05) is 30.8 Å². The first-order valence-corrected chi connectivity index (χ1v) is 7.08. The average molecular weight is 236 g/mol. The van der Waals surface area contributed by atoms with Crippen molar-refractivity contribution in [3.8, 4) is 0 Å². The predicted octanol–water partition coefficient (Wildman–Crippen LogP) is 4.16. The Kier molecular flexibility index (Phi) is 4.30. The molecule has 88 valence electrons. The van der Waals surface area contributed by atoms with Gasteiger partial charge in [-0.25, -0.2) is 0 Å². The van der Waals surface area contributed by atoms with Crippen molar-refractivity contribution in [2.75, 3.05) is 0 Å². The number of aliphatic hydroxyl groups excluding tert-OH is 1. The normalized spacial score (nSPS) is 19.6. The summed E-state index contributed by atoms with van der Waals surface area (Å²) in [5.41, 5.74) is 1.03. The van der Waals surface area contributed by atoms with Gasteiger partial charge in [-0.2, -0.15) is 0 Å². The summed E-state index contributed by atoms with van der Waals surface area (Å²) >= 11 is 1.98. The lowest BCUT2D eigenvalue weighted by molar-refractivity contribution is 0.199. The third-order valence-electron chi connectivity index (χ3n) is 3.20. The maximum atomic E-state index is 9.54. The molecule has 2 rings (SSSR count). The fourth-order valence-corrected chi connectivity index (χ4v) is 3.54. The highest BCUT2D eigenvalue weighted by Crippen LogP contribution is 2.34. The van der Waals surface area contributed by atoms with E-state index in [0.717, 1.165) is 10.8 Å². The number of hydrogen-bond donors (Lipinski definition) is 1. The Balaban J connectivity index is 2.00. The standard InChI is InChI=1S/C14H20OS/c1-11(15)12-6-5-9-14(10-12)16-13-7-3-2-4-8-13/h5-6,9-11,13,15H,2-4,7-8H2,1H3. The molecule has 2 heteroatoms. The zero-order valence-corrected chi connectivity index (χ0v) is 10.7. The zero-order valence-electron chi connectivity index (χ0n) is 9.86. The first-order chi connectivity index (χ1) is 7.75. The molecule has 0 aromatic heterocycles. The van der Waals surface area contributed by atoms with Gasteiger partial charge in [-0.3, -0.25) is 0 Å². The lowest BCUT2D eigenvalue weighted by Gasteiger charge is -2.21. The predicted molar refractivity (Wildman–Crippen MR) is 69.8 cm³/mol. The number of hydrogen-bond acceptors (Lipinski definition) is 2. The van der Waals surface area contributed by atoms with E-state index in [4.69, 9.17) is 0 Å². The van der Waals surface area contributed by atoms with Crippen LogP contribution in [-0.4, -0.2) is 10.4 Å². The van der Waals surface area contributed by atoms with Crippen molar-refractivity contribution >= 4 is 11.8 Å². The van der Waals surface area contributed by atoms with Crippen LogP contribution in [0.25, 0.3) is 0 Å². The molecule has 1 atom stereocenters. The Morgan fingerprint density at radius 3 is 2.69 bits per heavy atom. The highest BCUT2D eigenvalue weighted by Gasteiger charge is 2.14. The van der Waals surface area contributed by atoms with Crippen LogP contribution in [0.1, 0.15) is 50.7 Å². The van der Waals surface area contributed by atoms with Crippen molar-refractivity contribution in [3.63, 3.8) is 0 Å². The number of thioether (sulfide) groups is 1. The summed E-state index contributed by atoms with van der Waals surface area (Å²) in [4.78, 5) is 1.31. The van der Waals surface area contributed by atoms with E-state index in [0.29, 0.717) is 0 Å². The van der Waals surface area contributed by atoms with Crippen molar-refractivity contribution in [1.82, 2.24) is 0 Å². The molecule has 1 nitrogen and oxygen atoms in total. The zero-order chi connectivity index (χ0) is 11.4. The smallest absolute Gasteiger partial charge is 0.0762 e. The second-order valence-electron chi connectivity index (χ2n) is 4.63. The number of aliphatic hydroxyl groups is 1. The number of rotatable bonds is 3. The lowest BCUT2D eigenvalue weighted by atomic mass is 10.0.